The molecule has 2 aromatic rings. The first-order chi connectivity index (χ1) is 11.2. The van der Waals surface area contributed by atoms with Crippen LogP contribution in [0.1, 0.15) is 12.8 Å². The van der Waals surface area contributed by atoms with E-state index in [-0.39, 0.29) is 6.10 Å². The van der Waals surface area contributed by atoms with Gasteiger partial charge < -0.3 is 14.7 Å². The molecule has 1 saturated heterocycles. The van der Waals surface area contributed by atoms with Crippen molar-refractivity contribution in [1.82, 2.24) is 14.7 Å². The number of hydrogen-bond donors (Lipinski definition) is 1. The van der Waals surface area contributed by atoms with E-state index < -0.39 is 6.09 Å². The van der Waals surface area contributed by atoms with Crippen LogP contribution in [0, 0.1) is 11.8 Å². The molecule has 3 atom stereocenters. The number of carbonyl (C=O) groups is 1. The molecule has 6 heteroatoms. The Morgan fingerprint density at radius 3 is 2.57 bits per heavy atom. The fraction of sp³-hybridized carbons (Fsp3) is 0.412. The van der Waals surface area contributed by atoms with Gasteiger partial charge in [0.05, 0.1) is 6.10 Å². The molecule has 1 N–H and O–H groups in total. The average molecular weight is 313 g/mol. The van der Waals surface area contributed by atoms with Crippen molar-refractivity contribution in [3.8, 4) is 11.4 Å². The number of aromatic nitrogens is 2. The molecule has 2 aliphatic rings. The largest absolute Gasteiger partial charge is 0.488 e. The molecule has 2 fully saturated rings. The van der Waals surface area contributed by atoms with Gasteiger partial charge in [-0.25, -0.2) is 9.48 Å². The molecule has 2 heterocycles. The van der Waals surface area contributed by atoms with E-state index in [1.165, 1.54) is 4.90 Å². The van der Waals surface area contributed by atoms with Crippen LogP contribution in [0.4, 0.5) is 4.79 Å². The van der Waals surface area contributed by atoms with E-state index in [2.05, 4.69) is 5.10 Å². The Hall–Kier alpha value is -2.50. The van der Waals surface area contributed by atoms with Gasteiger partial charge >= 0.3 is 6.09 Å². The second-order valence-corrected chi connectivity index (χ2v) is 6.34. The van der Waals surface area contributed by atoms with Crippen molar-refractivity contribution in [2.45, 2.75) is 18.9 Å². The van der Waals surface area contributed by atoms with Crippen molar-refractivity contribution in [3.05, 3.63) is 42.7 Å². The van der Waals surface area contributed by atoms with E-state index >= 15 is 0 Å². The molecular weight excluding hydrogens is 294 g/mol. The molecule has 23 heavy (non-hydrogen) atoms. The summed E-state index contributed by atoms with van der Waals surface area (Å²) in [5.74, 6) is 1.68. The zero-order valence-corrected chi connectivity index (χ0v) is 12.7. The molecule has 6 nitrogen and oxygen atoms in total. The first-order valence-corrected chi connectivity index (χ1v) is 7.94. The van der Waals surface area contributed by atoms with Gasteiger partial charge in [-0.3, -0.25) is 0 Å². The van der Waals surface area contributed by atoms with Gasteiger partial charge in [-0.05, 0) is 42.9 Å². The summed E-state index contributed by atoms with van der Waals surface area (Å²) in [5.41, 5.74) is 0.932. The Labute approximate surface area is 134 Å². The number of hydrogen-bond acceptors (Lipinski definition) is 3. The zero-order chi connectivity index (χ0) is 15.8. The van der Waals surface area contributed by atoms with Crippen LogP contribution < -0.4 is 4.74 Å². The van der Waals surface area contributed by atoms with Crippen molar-refractivity contribution in [2.75, 3.05) is 13.1 Å². The lowest BCUT2D eigenvalue weighted by Gasteiger charge is -2.19. The standard InChI is InChI=1S/C17H19N3O3/c21-17(22)19-10-12-8-14(9-13(12)11-19)23-16-5-2-1-4-15(16)20-7-3-6-18-20/h1-7,12-14H,8-11H2,(H,21,22)/t12-,13+,14+. The quantitative estimate of drug-likeness (QED) is 0.946. The maximum Gasteiger partial charge on any atom is 0.407 e. The molecule has 4 rings (SSSR count). The number of benzene rings is 1. The summed E-state index contributed by atoms with van der Waals surface area (Å²) in [6.07, 6.45) is 4.83. The molecule has 0 spiro atoms. The lowest BCUT2D eigenvalue weighted by atomic mass is 10.0. The molecule has 1 aliphatic heterocycles. The number of likely N-dealkylation sites (tertiary alicyclic amines) is 1. The summed E-state index contributed by atoms with van der Waals surface area (Å²) >= 11 is 0. The van der Waals surface area contributed by atoms with Crippen LogP contribution in [-0.4, -0.2) is 45.1 Å². The molecule has 1 aliphatic carbocycles. The van der Waals surface area contributed by atoms with Gasteiger partial charge in [0.15, 0.2) is 0 Å². The average Bonchev–Trinajstić information content (AvgIpc) is 3.23. The molecule has 1 amide bonds. The summed E-state index contributed by atoms with van der Waals surface area (Å²) in [5, 5.41) is 13.4. The molecule has 0 bridgehead atoms. The van der Waals surface area contributed by atoms with E-state index in [0.29, 0.717) is 24.9 Å². The maximum atomic E-state index is 11.1. The number of ether oxygens (including phenoxy) is 1. The Bertz CT molecular complexity index is 687. The number of para-hydroxylation sites is 2. The molecule has 1 aromatic carbocycles. The van der Waals surface area contributed by atoms with Gasteiger partial charge in [0.1, 0.15) is 11.4 Å². The van der Waals surface area contributed by atoms with Gasteiger partial charge in [0.25, 0.3) is 0 Å². The molecular formula is C17H19N3O3. The number of carboxylic acid groups (broad SMARTS) is 1. The Morgan fingerprint density at radius 2 is 1.91 bits per heavy atom. The zero-order valence-electron chi connectivity index (χ0n) is 12.7. The molecule has 0 unspecified atom stereocenters. The highest BCUT2D eigenvalue weighted by Gasteiger charge is 2.43. The summed E-state index contributed by atoms with van der Waals surface area (Å²) in [6.45, 7) is 1.28. The van der Waals surface area contributed by atoms with E-state index in [0.717, 1.165) is 24.3 Å². The van der Waals surface area contributed by atoms with Gasteiger partial charge in [-0.2, -0.15) is 5.10 Å². The van der Waals surface area contributed by atoms with Crippen LogP contribution in [-0.2, 0) is 0 Å². The third kappa shape index (κ3) is 2.65. The first kappa shape index (κ1) is 14.1. The fourth-order valence-corrected chi connectivity index (χ4v) is 3.83. The molecule has 1 saturated carbocycles. The van der Waals surface area contributed by atoms with Crippen LogP contribution in [0.25, 0.3) is 5.69 Å². The van der Waals surface area contributed by atoms with Crippen LogP contribution in [0.15, 0.2) is 42.7 Å². The Morgan fingerprint density at radius 1 is 1.17 bits per heavy atom. The Kier molecular flexibility index (Phi) is 3.44. The number of rotatable bonds is 3. The van der Waals surface area contributed by atoms with Gasteiger partial charge in [-0.1, -0.05) is 12.1 Å². The van der Waals surface area contributed by atoms with E-state index in [1.807, 2.05) is 36.5 Å². The highest BCUT2D eigenvalue weighted by Crippen LogP contribution is 2.40. The van der Waals surface area contributed by atoms with Crippen LogP contribution in [0.5, 0.6) is 5.75 Å². The highest BCUT2D eigenvalue weighted by molar-refractivity contribution is 5.65. The third-order valence-electron chi connectivity index (χ3n) is 4.89. The van der Waals surface area contributed by atoms with E-state index in [4.69, 9.17) is 9.84 Å². The highest BCUT2D eigenvalue weighted by atomic mass is 16.5. The fourth-order valence-electron chi connectivity index (χ4n) is 3.83. The van der Waals surface area contributed by atoms with Crippen molar-refractivity contribution in [2.24, 2.45) is 11.8 Å². The smallest absolute Gasteiger partial charge is 0.407 e. The van der Waals surface area contributed by atoms with Crippen LogP contribution >= 0.6 is 0 Å². The predicted molar refractivity (Wildman–Crippen MR) is 83.8 cm³/mol. The topological polar surface area (TPSA) is 67.6 Å². The normalized spacial score (nSPS) is 26.3. The van der Waals surface area contributed by atoms with Crippen molar-refractivity contribution < 1.29 is 14.6 Å². The minimum absolute atomic E-state index is 0.151. The lowest BCUT2D eigenvalue weighted by Crippen LogP contribution is -2.29. The number of fused-ring (bicyclic) bond motifs is 1. The van der Waals surface area contributed by atoms with Crippen molar-refractivity contribution in [1.29, 1.82) is 0 Å². The van der Waals surface area contributed by atoms with Crippen LogP contribution in [0.2, 0.25) is 0 Å². The monoisotopic (exact) mass is 313 g/mol. The Balaban J connectivity index is 1.46. The minimum Gasteiger partial charge on any atom is -0.488 e. The van der Waals surface area contributed by atoms with E-state index in [9.17, 15) is 4.79 Å². The third-order valence-corrected chi connectivity index (χ3v) is 4.89. The summed E-state index contributed by atoms with van der Waals surface area (Å²) in [4.78, 5) is 12.6. The summed E-state index contributed by atoms with van der Waals surface area (Å²) in [7, 11) is 0. The molecule has 1 aromatic heterocycles. The van der Waals surface area contributed by atoms with Gasteiger partial charge in [-0.15, -0.1) is 0 Å². The van der Waals surface area contributed by atoms with Crippen LogP contribution in [0.3, 0.4) is 0 Å². The minimum atomic E-state index is -0.805. The molecule has 0 radical (unpaired) electrons. The van der Waals surface area contributed by atoms with E-state index in [1.54, 1.807) is 10.9 Å². The van der Waals surface area contributed by atoms with Gasteiger partial charge in [0.2, 0.25) is 0 Å². The lowest BCUT2D eigenvalue weighted by molar-refractivity contribution is 0.144. The van der Waals surface area contributed by atoms with Crippen molar-refractivity contribution in [3.63, 3.8) is 0 Å². The first-order valence-electron chi connectivity index (χ1n) is 7.94. The predicted octanol–water partition coefficient (Wildman–Crippen LogP) is 2.64. The summed E-state index contributed by atoms with van der Waals surface area (Å²) < 4.78 is 8.04. The SMILES string of the molecule is O=C(O)N1C[C@H]2C[C@H](Oc3ccccc3-n3cccn3)C[C@H]2C1. The maximum absolute atomic E-state index is 11.1. The second-order valence-electron chi connectivity index (χ2n) is 6.34. The van der Waals surface area contributed by atoms with Gasteiger partial charge in [0, 0.05) is 25.5 Å². The summed E-state index contributed by atoms with van der Waals surface area (Å²) in [6, 6.07) is 9.78. The molecule has 120 valence electrons. The van der Waals surface area contributed by atoms with Crippen molar-refractivity contribution >= 4 is 6.09 Å². The number of nitrogens with zero attached hydrogens (tertiary/aromatic N) is 3. The second kappa shape index (κ2) is 5.61. The number of amides is 1.